The van der Waals surface area contributed by atoms with E-state index in [1.807, 2.05) is 24.3 Å². The lowest BCUT2D eigenvalue weighted by Gasteiger charge is -2.06. The summed E-state index contributed by atoms with van der Waals surface area (Å²) in [4.78, 5) is 27.2. The lowest BCUT2D eigenvalue weighted by Crippen LogP contribution is -2.26. The monoisotopic (exact) mass is 301 g/mol. The highest BCUT2D eigenvalue weighted by molar-refractivity contribution is 5.83. The normalized spacial score (nSPS) is 10.4. The Morgan fingerprint density at radius 3 is 2.86 bits per heavy atom. The second kappa shape index (κ2) is 7.40. The Balaban J connectivity index is 1.86. The molecule has 1 aromatic carbocycles. The quantitative estimate of drug-likeness (QED) is 0.478. The number of rotatable bonds is 6. The van der Waals surface area contributed by atoms with E-state index in [0.717, 1.165) is 10.9 Å². The fourth-order valence-corrected chi connectivity index (χ4v) is 2.07. The maximum absolute atomic E-state index is 11.8. The van der Waals surface area contributed by atoms with Gasteiger partial charge in [-0.15, -0.1) is 0 Å². The minimum Gasteiger partial charge on any atom is -0.469 e. The van der Waals surface area contributed by atoms with Gasteiger partial charge in [-0.1, -0.05) is 6.07 Å². The number of hydrogen-bond acceptors (Lipinski definition) is 5. The predicted octanol–water partition coefficient (Wildman–Crippen LogP) is 1.43. The van der Waals surface area contributed by atoms with E-state index < -0.39 is 0 Å². The van der Waals surface area contributed by atoms with Gasteiger partial charge in [-0.3, -0.25) is 14.6 Å². The number of aromatic nitrogens is 1. The molecule has 0 saturated heterocycles. The van der Waals surface area contributed by atoms with Crippen LogP contribution < -0.4 is 11.1 Å². The van der Waals surface area contributed by atoms with E-state index in [9.17, 15) is 9.59 Å². The summed E-state index contributed by atoms with van der Waals surface area (Å²) in [5.74, 6) is -0.392. The third kappa shape index (κ3) is 4.44. The molecule has 0 aliphatic carbocycles. The van der Waals surface area contributed by atoms with E-state index >= 15 is 0 Å². The number of nitrogens with zero attached hydrogens (tertiary/aromatic N) is 1. The van der Waals surface area contributed by atoms with Crippen molar-refractivity contribution in [3.05, 3.63) is 36.0 Å². The SMILES string of the molecule is COC(=O)CCCNC(=O)Cc1ccc2cc(N)ccc2n1. The number of carbonyl (C=O) groups excluding carboxylic acids is 2. The molecule has 0 aliphatic heterocycles. The Hall–Kier alpha value is -2.63. The molecule has 22 heavy (non-hydrogen) atoms. The summed E-state index contributed by atoms with van der Waals surface area (Å²) < 4.78 is 4.53. The first-order chi connectivity index (χ1) is 10.6. The molecular weight excluding hydrogens is 282 g/mol. The lowest BCUT2D eigenvalue weighted by molar-refractivity contribution is -0.140. The number of benzene rings is 1. The van der Waals surface area contributed by atoms with Crippen molar-refractivity contribution < 1.29 is 14.3 Å². The molecular formula is C16H19N3O3. The molecule has 6 nitrogen and oxygen atoms in total. The summed E-state index contributed by atoms with van der Waals surface area (Å²) >= 11 is 0. The van der Waals surface area contributed by atoms with Gasteiger partial charge in [0, 0.05) is 24.0 Å². The van der Waals surface area contributed by atoms with Crippen molar-refractivity contribution in [3.63, 3.8) is 0 Å². The maximum atomic E-state index is 11.8. The minimum absolute atomic E-state index is 0.118. The third-order valence-corrected chi connectivity index (χ3v) is 3.22. The molecule has 0 unspecified atom stereocenters. The zero-order valence-electron chi connectivity index (χ0n) is 12.5. The van der Waals surface area contributed by atoms with Gasteiger partial charge in [0.05, 0.1) is 24.7 Å². The molecule has 6 heteroatoms. The molecule has 2 rings (SSSR count). The van der Waals surface area contributed by atoms with Crippen molar-refractivity contribution in [3.8, 4) is 0 Å². The van der Waals surface area contributed by atoms with E-state index in [0.29, 0.717) is 30.8 Å². The van der Waals surface area contributed by atoms with Gasteiger partial charge in [-0.2, -0.15) is 0 Å². The fourth-order valence-electron chi connectivity index (χ4n) is 2.07. The van der Waals surface area contributed by atoms with Crippen LogP contribution in [0.3, 0.4) is 0 Å². The predicted molar refractivity (Wildman–Crippen MR) is 84.1 cm³/mol. The Bertz CT molecular complexity index is 685. The van der Waals surface area contributed by atoms with Gasteiger partial charge >= 0.3 is 5.97 Å². The lowest BCUT2D eigenvalue weighted by atomic mass is 10.1. The van der Waals surface area contributed by atoms with Gasteiger partial charge in [-0.05, 0) is 30.7 Å². The molecule has 1 aromatic heterocycles. The number of carbonyl (C=O) groups is 2. The van der Waals surface area contributed by atoms with E-state index in [4.69, 9.17) is 5.73 Å². The maximum Gasteiger partial charge on any atom is 0.305 e. The fraction of sp³-hybridized carbons (Fsp3) is 0.312. The van der Waals surface area contributed by atoms with Crippen molar-refractivity contribution in [2.75, 3.05) is 19.4 Å². The van der Waals surface area contributed by atoms with E-state index in [-0.39, 0.29) is 18.3 Å². The number of nitrogens with one attached hydrogen (secondary N) is 1. The molecule has 1 heterocycles. The van der Waals surface area contributed by atoms with Crippen LogP contribution in [0.25, 0.3) is 10.9 Å². The van der Waals surface area contributed by atoms with Crippen LogP contribution in [0.4, 0.5) is 5.69 Å². The number of nitrogens with two attached hydrogens (primary N) is 1. The van der Waals surface area contributed by atoms with E-state index in [1.165, 1.54) is 7.11 Å². The van der Waals surface area contributed by atoms with Crippen LogP contribution in [-0.4, -0.2) is 30.5 Å². The summed E-state index contributed by atoms with van der Waals surface area (Å²) in [6, 6.07) is 9.18. The van der Waals surface area contributed by atoms with Crippen LogP contribution in [0.2, 0.25) is 0 Å². The Labute approximate surface area is 128 Å². The summed E-state index contributed by atoms with van der Waals surface area (Å²) in [6.45, 7) is 0.443. The third-order valence-electron chi connectivity index (χ3n) is 3.22. The topological polar surface area (TPSA) is 94.3 Å². The second-order valence-electron chi connectivity index (χ2n) is 4.96. The molecule has 0 fully saturated rings. The Morgan fingerprint density at radius 2 is 2.09 bits per heavy atom. The largest absolute Gasteiger partial charge is 0.469 e. The van der Waals surface area contributed by atoms with Gasteiger partial charge in [0.1, 0.15) is 0 Å². The smallest absolute Gasteiger partial charge is 0.305 e. The molecule has 0 atom stereocenters. The number of nitrogen functional groups attached to an aromatic ring is 1. The number of hydrogen-bond donors (Lipinski definition) is 2. The summed E-state index contributed by atoms with van der Waals surface area (Å²) in [7, 11) is 1.35. The highest BCUT2D eigenvalue weighted by Crippen LogP contribution is 2.16. The van der Waals surface area contributed by atoms with Crippen LogP contribution in [0.15, 0.2) is 30.3 Å². The van der Waals surface area contributed by atoms with Crippen LogP contribution in [0, 0.1) is 0 Å². The van der Waals surface area contributed by atoms with Crippen molar-refractivity contribution in [1.29, 1.82) is 0 Å². The van der Waals surface area contributed by atoms with Crippen LogP contribution in [0.1, 0.15) is 18.5 Å². The van der Waals surface area contributed by atoms with E-state index in [2.05, 4.69) is 15.0 Å². The first-order valence-corrected chi connectivity index (χ1v) is 7.07. The molecule has 0 saturated carbocycles. The number of anilines is 1. The molecule has 0 bridgehead atoms. The van der Waals surface area contributed by atoms with Crippen LogP contribution in [0.5, 0.6) is 0 Å². The summed E-state index contributed by atoms with van der Waals surface area (Å²) in [5, 5.41) is 3.71. The molecule has 0 radical (unpaired) electrons. The molecule has 1 amide bonds. The number of esters is 1. The Morgan fingerprint density at radius 1 is 1.27 bits per heavy atom. The minimum atomic E-state index is -0.273. The summed E-state index contributed by atoms with van der Waals surface area (Å²) in [5.41, 5.74) is 7.91. The van der Waals surface area contributed by atoms with Gasteiger partial charge in [-0.25, -0.2) is 0 Å². The molecule has 3 N–H and O–H groups in total. The van der Waals surface area contributed by atoms with Crippen molar-refractivity contribution in [2.24, 2.45) is 0 Å². The van der Waals surface area contributed by atoms with Gasteiger partial charge in [0.25, 0.3) is 0 Å². The zero-order valence-corrected chi connectivity index (χ0v) is 12.5. The Kier molecular flexibility index (Phi) is 5.30. The molecule has 2 aromatic rings. The van der Waals surface area contributed by atoms with Gasteiger partial charge < -0.3 is 15.8 Å². The first-order valence-electron chi connectivity index (χ1n) is 7.07. The average molecular weight is 301 g/mol. The number of amides is 1. The van der Waals surface area contributed by atoms with Crippen molar-refractivity contribution in [2.45, 2.75) is 19.3 Å². The van der Waals surface area contributed by atoms with Gasteiger partial charge in [0.15, 0.2) is 0 Å². The van der Waals surface area contributed by atoms with Crippen LogP contribution >= 0.6 is 0 Å². The average Bonchev–Trinajstić information content (AvgIpc) is 2.51. The zero-order chi connectivity index (χ0) is 15.9. The number of methoxy groups -OCH3 is 1. The number of ether oxygens (including phenoxy) is 1. The molecule has 0 spiro atoms. The highest BCUT2D eigenvalue weighted by Gasteiger charge is 2.06. The molecule has 116 valence electrons. The van der Waals surface area contributed by atoms with Crippen molar-refractivity contribution in [1.82, 2.24) is 10.3 Å². The summed E-state index contributed by atoms with van der Waals surface area (Å²) in [6.07, 6.45) is 1.06. The van der Waals surface area contributed by atoms with Gasteiger partial charge in [0.2, 0.25) is 5.91 Å². The molecule has 0 aliphatic rings. The number of fused-ring (bicyclic) bond motifs is 1. The van der Waals surface area contributed by atoms with E-state index in [1.54, 1.807) is 6.07 Å². The number of pyridine rings is 1. The standard InChI is InChI=1S/C16H19N3O3/c1-22-16(21)3-2-8-18-15(20)10-13-6-4-11-9-12(17)5-7-14(11)19-13/h4-7,9H,2-3,8,10,17H2,1H3,(H,18,20). The van der Waals surface area contributed by atoms with Crippen LogP contribution in [-0.2, 0) is 20.7 Å². The highest BCUT2D eigenvalue weighted by atomic mass is 16.5. The first kappa shape index (κ1) is 15.8. The van der Waals surface area contributed by atoms with Crippen molar-refractivity contribution >= 4 is 28.5 Å². The second-order valence-corrected chi connectivity index (χ2v) is 4.96.